The van der Waals surface area contributed by atoms with E-state index in [1.165, 1.54) is 12.1 Å². The number of carbonyl (C=O) groups is 1. The van der Waals surface area contributed by atoms with Gasteiger partial charge in [-0.15, -0.1) is 0 Å². The molecule has 0 aliphatic heterocycles. The van der Waals surface area contributed by atoms with Crippen molar-refractivity contribution in [2.24, 2.45) is 0 Å². The van der Waals surface area contributed by atoms with E-state index in [1.807, 2.05) is 0 Å². The molecule has 0 saturated heterocycles. The number of hydrogen-bond donors (Lipinski definition) is 1. The summed E-state index contributed by atoms with van der Waals surface area (Å²) in [5.41, 5.74) is 0.0434. The molecule has 0 aromatic heterocycles. The molecule has 2 aromatic rings. The first-order chi connectivity index (χ1) is 10.3. The predicted molar refractivity (Wildman–Crippen MR) is 73.9 cm³/mol. The van der Waals surface area contributed by atoms with Crippen LogP contribution in [-0.2, 0) is 17.4 Å². The highest BCUT2D eigenvalue weighted by atomic mass is 19.4. The zero-order valence-electron chi connectivity index (χ0n) is 11.4. The number of carboxylic acid groups (broad SMARTS) is 1. The van der Waals surface area contributed by atoms with Gasteiger partial charge in [-0.25, -0.2) is 0 Å². The molecule has 0 fully saturated rings. The Kier molecular flexibility index (Phi) is 4.70. The van der Waals surface area contributed by atoms with Crippen LogP contribution in [-0.4, -0.2) is 11.1 Å². The molecule has 0 unspecified atom stereocenters. The van der Waals surface area contributed by atoms with Crippen molar-refractivity contribution in [2.75, 3.05) is 0 Å². The molecular formula is C16H13F3O3. The van der Waals surface area contributed by atoms with Gasteiger partial charge in [0.2, 0.25) is 0 Å². The summed E-state index contributed by atoms with van der Waals surface area (Å²) >= 11 is 0. The van der Waals surface area contributed by atoms with Crippen molar-refractivity contribution in [3.8, 4) is 11.5 Å². The van der Waals surface area contributed by atoms with Gasteiger partial charge in [0.15, 0.2) is 0 Å². The molecule has 3 nitrogen and oxygen atoms in total. The highest BCUT2D eigenvalue weighted by molar-refractivity contribution is 5.67. The van der Waals surface area contributed by atoms with E-state index in [-0.39, 0.29) is 12.2 Å². The number of aliphatic carboxylic acids is 1. The third-order valence-electron chi connectivity index (χ3n) is 2.95. The van der Waals surface area contributed by atoms with E-state index in [9.17, 15) is 18.0 Å². The fourth-order valence-electron chi connectivity index (χ4n) is 1.85. The van der Waals surface area contributed by atoms with E-state index in [2.05, 4.69) is 0 Å². The van der Waals surface area contributed by atoms with Crippen molar-refractivity contribution in [3.05, 3.63) is 59.7 Å². The molecule has 0 spiro atoms. The van der Waals surface area contributed by atoms with E-state index in [1.54, 1.807) is 24.3 Å². The van der Waals surface area contributed by atoms with Gasteiger partial charge in [0.05, 0.1) is 5.56 Å². The van der Waals surface area contributed by atoms with Crippen LogP contribution in [0.25, 0.3) is 0 Å². The molecule has 22 heavy (non-hydrogen) atoms. The Morgan fingerprint density at radius 1 is 1.05 bits per heavy atom. The summed E-state index contributed by atoms with van der Waals surface area (Å²) in [6.45, 7) is 0. The van der Waals surface area contributed by atoms with Crippen LogP contribution in [0.5, 0.6) is 11.5 Å². The average Bonchev–Trinajstić information content (AvgIpc) is 2.46. The Hall–Kier alpha value is -2.50. The molecule has 0 radical (unpaired) electrons. The van der Waals surface area contributed by atoms with Crippen LogP contribution in [0.15, 0.2) is 48.5 Å². The molecule has 1 N–H and O–H groups in total. The highest BCUT2D eigenvalue weighted by Crippen LogP contribution is 2.32. The van der Waals surface area contributed by atoms with Gasteiger partial charge >= 0.3 is 12.1 Å². The van der Waals surface area contributed by atoms with E-state index in [0.29, 0.717) is 12.2 Å². The monoisotopic (exact) mass is 310 g/mol. The van der Waals surface area contributed by atoms with E-state index in [0.717, 1.165) is 17.7 Å². The number of halogens is 3. The molecule has 116 valence electrons. The first-order valence-electron chi connectivity index (χ1n) is 6.50. The Morgan fingerprint density at radius 2 is 1.73 bits per heavy atom. The normalized spacial score (nSPS) is 11.2. The molecule has 2 rings (SSSR count). The molecule has 0 amide bonds. The van der Waals surface area contributed by atoms with Gasteiger partial charge in [-0.1, -0.05) is 18.2 Å². The van der Waals surface area contributed by atoms with Gasteiger partial charge < -0.3 is 9.84 Å². The smallest absolute Gasteiger partial charge is 0.416 e. The lowest BCUT2D eigenvalue weighted by Gasteiger charge is -2.10. The minimum Gasteiger partial charge on any atom is -0.481 e. The van der Waals surface area contributed by atoms with Crippen molar-refractivity contribution < 1.29 is 27.8 Å². The molecule has 0 saturated carbocycles. The summed E-state index contributed by atoms with van der Waals surface area (Å²) in [6, 6.07) is 11.2. The Bertz CT molecular complexity index is 648. The van der Waals surface area contributed by atoms with E-state index >= 15 is 0 Å². The lowest BCUT2D eigenvalue weighted by Crippen LogP contribution is -2.04. The molecule has 0 heterocycles. The van der Waals surface area contributed by atoms with Crippen LogP contribution in [0.1, 0.15) is 17.5 Å². The molecule has 2 aromatic carbocycles. The number of ether oxygens (including phenoxy) is 1. The van der Waals surface area contributed by atoms with Crippen LogP contribution in [0.4, 0.5) is 13.2 Å². The summed E-state index contributed by atoms with van der Waals surface area (Å²) in [7, 11) is 0. The van der Waals surface area contributed by atoms with Gasteiger partial charge in [0.25, 0.3) is 0 Å². The zero-order chi connectivity index (χ0) is 16.2. The second-order valence-corrected chi connectivity index (χ2v) is 4.67. The molecule has 0 atom stereocenters. The second-order valence-electron chi connectivity index (χ2n) is 4.67. The number of benzene rings is 2. The zero-order valence-corrected chi connectivity index (χ0v) is 11.4. The maximum Gasteiger partial charge on any atom is 0.416 e. The second kappa shape index (κ2) is 6.51. The van der Waals surface area contributed by atoms with Crippen LogP contribution >= 0.6 is 0 Å². The Balaban J connectivity index is 2.06. The lowest BCUT2D eigenvalue weighted by atomic mass is 10.1. The molecule has 6 heteroatoms. The topological polar surface area (TPSA) is 46.5 Å². The maximum absolute atomic E-state index is 12.6. The van der Waals surface area contributed by atoms with E-state index < -0.39 is 17.7 Å². The highest BCUT2D eigenvalue weighted by Gasteiger charge is 2.30. The third-order valence-corrected chi connectivity index (χ3v) is 2.95. The summed E-state index contributed by atoms with van der Waals surface area (Å²) in [5.74, 6) is -0.407. The SMILES string of the molecule is O=C(O)CCc1ccc(Oc2cccc(C(F)(F)F)c2)cc1. The summed E-state index contributed by atoms with van der Waals surface area (Å²) in [6.07, 6.45) is -4.01. The minimum absolute atomic E-state index is 0.0217. The van der Waals surface area contributed by atoms with Gasteiger partial charge in [-0.2, -0.15) is 13.2 Å². The quantitative estimate of drug-likeness (QED) is 0.883. The van der Waals surface area contributed by atoms with Gasteiger partial charge in [-0.3, -0.25) is 4.79 Å². The Morgan fingerprint density at radius 3 is 2.32 bits per heavy atom. The molecule has 0 bridgehead atoms. The van der Waals surface area contributed by atoms with Crippen LogP contribution in [0, 0.1) is 0 Å². The van der Waals surface area contributed by atoms with Crippen molar-refractivity contribution >= 4 is 5.97 Å². The standard InChI is InChI=1S/C16H13F3O3/c17-16(18,19)12-2-1-3-14(10-12)22-13-7-4-11(5-8-13)6-9-15(20)21/h1-5,7-8,10H,6,9H2,(H,20,21). The number of alkyl halides is 3. The summed E-state index contributed by atoms with van der Waals surface area (Å²) in [4.78, 5) is 10.5. The average molecular weight is 310 g/mol. The van der Waals surface area contributed by atoms with Gasteiger partial charge in [0, 0.05) is 6.42 Å². The fourth-order valence-corrected chi connectivity index (χ4v) is 1.85. The largest absolute Gasteiger partial charge is 0.481 e. The number of aryl methyl sites for hydroxylation is 1. The number of hydrogen-bond acceptors (Lipinski definition) is 2. The van der Waals surface area contributed by atoms with Crippen molar-refractivity contribution in [3.63, 3.8) is 0 Å². The predicted octanol–water partition coefficient (Wildman–Crippen LogP) is 4.51. The molecule has 0 aliphatic rings. The van der Waals surface area contributed by atoms with Crippen molar-refractivity contribution in [1.82, 2.24) is 0 Å². The van der Waals surface area contributed by atoms with Crippen LogP contribution in [0.3, 0.4) is 0 Å². The maximum atomic E-state index is 12.6. The van der Waals surface area contributed by atoms with E-state index in [4.69, 9.17) is 9.84 Å². The first-order valence-corrected chi connectivity index (χ1v) is 6.50. The number of rotatable bonds is 5. The molecule has 0 aliphatic carbocycles. The van der Waals surface area contributed by atoms with Crippen LogP contribution in [0.2, 0.25) is 0 Å². The van der Waals surface area contributed by atoms with Gasteiger partial charge in [-0.05, 0) is 42.3 Å². The third kappa shape index (κ3) is 4.51. The summed E-state index contributed by atoms with van der Waals surface area (Å²) in [5, 5.41) is 8.60. The van der Waals surface area contributed by atoms with Gasteiger partial charge in [0.1, 0.15) is 11.5 Å². The van der Waals surface area contributed by atoms with Crippen molar-refractivity contribution in [2.45, 2.75) is 19.0 Å². The summed E-state index contributed by atoms with van der Waals surface area (Å²) < 4.78 is 43.2. The fraction of sp³-hybridized carbons (Fsp3) is 0.188. The molecular weight excluding hydrogens is 297 g/mol. The lowest BCUT2D eigenvalue weighted by molar-refractivity contribution is -0.138. The van der Waals surface area contributed by atoms with Crippen LogP contribution < -0.4 is 4.74 Å². The van der Waals surface area contributed by atoms with Crippen molar-refractivity contribution in [1.29, 1.82) is 0 Å². The minimum atomic E-state index is -4.42. The Labute approximate surface area is 125 Å². The first kappa shape index (κ1) is 15.9. The number of carboxylic acids is 1.